The topological polar surface area (TPSA) is 24.5 Å². The van der Waals surface area contributed by atoms with Crippen LogP contribution in [-0.4, -0.2) is 38.7 Å². The minimum absolute atomic E-state index is 0.437. The normalized spacial score (nSPS) is 20.2. The maximum absolute atomic E-state index is 5.24. The van der Waals surface area contributed by atoms with E-state index in [-0.39, 0.29) is 0 Å². The summed E-state index contributed by atoms with van der Waals surface area (Å²) in [5.74, 6) is 0.927. The van der Waals surface area contributed by atoms with E-state index >= 15 is 0 Å². The van der Waals surface area contributed by atoms with Gasteiger partial charge in [0.2, 0.25) is 0 Å². The number of hydrogen-bond donors (Lipinski definition) is 1. The third-order valence-electron chi connectivity index (χ3n) is 4.90. The van der Waals surface area contributed by atoms with Crippen molar-refractivity contribution in [3.8, 4) is 5.75 Å². The van der Waals surface area contributed by atoms with Crippen LogP contribution in [0.5, 0.6) is 5.75 Å². The van der Waals surface area contributed by atoms with Gasteiger partial charge in [0.15, 0.2) is 0 Å². The Morgan fingerprint density at radius 1 is 1.24 bits per heavy atom. The summed E-state index contributed by atoms with van der Waals surface area (Å²) in [6.45, 7) is 8.22. The van der Waals surface area contributed by atoms with Crippen LogP contribution in [0, 0.1) is 5.41 Å². The van der Waals surface area contributed by atoms with Crippen LogP contribution in [-0.2, 0) is 0 Å². The van der Waals surface area contributed by atoms with E-state index in [4.69, 9.17) is 4.74 Å². The van der Waals surface area contributed by atoms with E-state index in [1.54, 1.807) is 7.11 Å². The number of piperidine rings is 1. The van der Waals surface area contributed by atoms with E-state index in [0.29, 0.717) is 11.5 Å². The molecule has 1 fully saturated rings. The molecule has 0 saturated carbocycles. The van der Waals surface area contributed by atoms with Crippen LogP contribution < -0.4 is 10.1 Å². The van der Waals surface area contributed by atoms with Crippen LogP contribution in [0.3, 0.4) is 0 Å². The number of likely N-dealkylation sites (tertiary alicyclic amines) is 1. The molecule has 1 aliphatic heterocycles. The SMILES string of the molecule is CCC(NCC1(C)CCN(C)CC1)c1ccc(OC)cc1. The van der Waals surface area contributed by atoms with Crippen molar-refractivity contribution < 1.29 is 4.74 Å². The van der Waals surface area contributed by atoms with Crippen molar-refractivity contribution in [1.82, 2.24) is 10.2 Å². The molecule has 0 spiro atoms. The second kappa shape index (κ2) is 7.28. The van der Waals surface area contributed by atoms with Crippen molar-refractivity contribution in [3.05, 3.63) is 29.8 Å². The van der Waals surface area contributed by atoms with Gasteiger partial charge in [-0.3, -0.25) is 0 Å². The van der Waals surface area contributed by atoms with Crippen molar-refractivity contribution in [2.75, 3.05) is 33.8 Å². The quantitative estimate of drug-likeness (QED) is 0.868. The molecule has 1 aromatic carbocycles. The lowest BCUT2D eigenvalue weighted by Crippen LogP contribution is -2.42. The molecule has 0 amide bonds. The van der Waals surface area contributed by atoms with Crippen molar-refractivity contribution in [3.63, 3.8) is 0 Å². The average Bonchev–Trinajstić information content (AvgIpc) is 2.52. The summed E-state index contributed by atoms with van der Waals surface area (Å²) >= 11 is 0. The second-order valence-electron chi connectivity index (χ2n) is 6.73. The standard InChI is InChI=1S/C18H30N2O/c1-5-17(15-6-8-16(21-4)9-7-15)19-14-18(2)10-12-20(3)13-11-18/h6-9,17,19H,5,10-14H2,1-4H3. The molecule has 3 nitrogen and oxygen atoms in total. The van der Waals surface area contributed by atoms with Crippen molar-refractivity contribution in [2.45, 2.75) is 39.2 Å². The Morgan fingerprint density at radius 2 is 1.86 bits per heavy atom. The van der Waals surface area contributed by atoms with Crippen LogP contribution in [0.4, 0.5) is 0 Å². The van der Waals surface area contributed by atoms with Crippen LogP contribution in [0.25, 0.3) is 0 Å². The molecule has 1 aromatic rings. The van der Waals surface area contributed by atoms with Crippen molar-refractivity contribution in [1.29, 1.82) is 0 Å². The van der Waals surface area contributed by atoms with Gasteiger partial charge in [0.25, 0.3) is 0 Å². The third kappa shape index (κ3) is 4.45. The molecular formula is C18H30N2O. The smallest absolute Gasteiger partial charge is 0.118 e. The molecule has 21 heavy (non-hydrogen) atoms. The lowest BCUT2D eigenvalue weighted by atomic mass is 9.80. The number of rotatable bonds is 6. The minimum atomic E-state index is 0.437. The maximum Gasteiger partial charge on any atom is 0.118 e. The number of nitrogens with zero attached hydrogens (tertiary/aromatic N) is 1. The number of hydrogen-bond acceptors (Lipinski definition) is 3. The molecule has 3 heteroatoms. The molecule has 0 aromatic heterocycles. The first kappa shape index (κ1) is 16.3. The molecule has 0 aliphatic carbocycles. The van der Waals surface area contributed by atoms with E-state index in [1.807, 2.05) is 0 Å². The predicted molar refractivity (Wildman–Crippen MR) is 88.9 cm³/mol. The molecule has 1 saturated heterocycles. The highest BCUT2D eigenvalue weighted by atomic mass is 16.5. The van der Waals surface area contributed by atoms with E-state index in [2.05, 4.69) is 55.4 Å². The molecule has 2 rings (SSSR count). The van der Waals surface area contributed by atoms with Gasteiger partial charge in [-0.25, -0.2) is 0 Å². The lowest BCUT2D eigenvalue weighted by Gasteiger charge is -2.39. The fourth-order valence-corrected chi connectivity index (χ4v) is 3.04. The van der Waals surface area contributed by atoms with Crippen LogP contribution >= 0.6 is 0 Å². The van der Waals surface area contributed by atoms with E-state index in [9.17, 15) is 0 Å². The summed E-state index contributed by atoms with van der Waals surface area (Å²) < 4.78 is 5.24. The van der Waals surface area contributed by atoms with Crippen molar-refractivity contribution in [2.24, 2.45) is 5.41 Å². The first-order valence-corrected chi connectivity index (χ1v) is 8.12. The zero-order valence-corrected chi connectivity index (χ0v) is 14.0. The molecule has 1 N–H and O–H groups in total. The summed E-state index contributed by atoms with van der Waals surface area (Å²) in [6.07, 6.45) is 3.69. The van der Waals surface area contributed by atoms with Crippen LogP contribution in [0.15, 0.2) is 24.3 Å². The van der Waals surface area contributed by atoms with Gasteiger partial charge in [0, 0.05) is 12.6 Å². The highest BCUT2D eigenvalue weighted by Gasteiger charge is 2.29. The molecule has 118 valence electrons. The number of methoxy groups -OCH3 is 1. The van der Waals surface area contributed by atoms with Gasteiger partial charge in [-0.2, -0.15) is 0 Å². The Morgan fingerprint density at radius 3 is 2.38 bits per heavy atom. The fraction of sp³-hybridized carbons (Fsp3) is 0.667. The Bertz CT molecular complexity index is 421. The lowest BCUT2D eigenvalue weighted by molar-refractivity contribution is 0.133. The van der Waals surface area contributed by atoms with Gasteiger partial charge in [0.05, 0.1) is 7.11 Å². The third-order valence-corrected chi connectivity index (χ3v) is 4.90. The zero-order valence-electron chi connectivity index (χ0n) is 14.0. The van der Waals surface area contributed by atoms with Gasteiger partial charge >= 0.3 is 0 Å². The Labute approximate surface area is 129 Å². The predicted octanol–water partition coefficient (Wildman–Crippen LogP) is 3.47. The molecule has 1 aliphatic rings. The van der Waals surface area contributed by atoms with E-state index in [0.717, 1.165) is 18.7 Å². The largest absolute Gasteiger partial charge is 0.497 e. The highest BCUT2D eigenvalue weighted by Crippen LogP contribution is 2.31. The summed E-state index contributed by atoms with van der Waals surface area (Å²) in [5, 5.41) is 3.79. The average molecular weight is 290 g/mol. The fourth-order valence-electron chi connectivity index (χ4n) is 3.04. The van der Waals surface area contributed by atoms with Crippen LogP contribution in [0.2, 0.25) is 0 Å². The number of benzene rings is 1. The number of ether oxygens (including phenoxy) is 1. The second-order valence-corrected chi connectivity index (χ2v) is 6.73. The van der Waals surface area contributed by atoms with E-state index in [1.165, 1.54) is 31.5 Å². The van der Waals surface area contributed by atoms with Gasteiger partial charge in [-0.1, -0.05) is 26.0 Å². The molecule has 1 atom stereocenters. The Hall–Kier alpha value is -1.06. The zero-order chi connectivity index (χ0) is 15.3. The van der Waals surface area contributed by atoms with Gasteiger partial charge < -0.3 is 15.0 Å². The van der Waals surface area contributed by atoms with Crippen molar-refractivity contribution >= 4 is 0 Å². The number of nitrogens with one attached hydrogen (secondary N) is 1. The molecule has 1 unspecified atom stereocenters. The first-order chi connectivity index (χ1) is 10.1. The molecule has 0 radical (unpaired) electrons. The highest BCUT2D eigenvalue weighted by molar-refractivity contribution is 5.29. The summed E-state index contributed by atoms with van der Waals surface area (Å²) in [4.78, 5) is 2.43. The maximum atomic E-state index is 5.24. The van der Waals surface area contributed by atoms with Gasteiger partial charge in [0.1, 0.15) is 5.75 Å². The Balaban J connectivity index is 1.92. The summed E-state index contributed by atoms with van der Waals surface area (Å²) in [7, 11) is 3.94. The summed E-state index contributed by atoms with van der Waals surface area (Å²) in [6, 6.07) is 8.90. The first-order valence-electron chi connectivity index (χ1n) is 8.12. The van der Waals surface area contributed by atoms with E-state index < -0.39 is 0 Å². The molecule has 0 bridgehead atoms. The van der Waals surface area contributed by atoms with Gasteiger partial charge in [-0.05, 0) is 62.5 Å². The molecular weight excluding hydrogens is 260 g/mol. The Kier molecular flexibility index (Phi) is 5.65. The molecule has 1 heterocycles. The monoisotopic (exact) mass is 290 g/mol. The van der Waals surface area contributed by atoms with Crippen LogP contribution in [0.1, 0.15) is 44.7 Å². The van der Waals surface area contributed by atoms with Gasteiger partial charge in [-0.15, -0.1) is 0 Å². The minimum Gasteiger partial charge on any atom is -0.497 e. The summed E-state index contributed by atoms with van der Waals surface area (Å²) in [5.41, 5.74) is 1.79.